The molecule has 0 aliphatic carbocycles. The second-order valence-electron chi connectivity index (χ2n) is 7.45. The molecule has 3 atom stereocenters. The molecule has 1 heterocycles. The van der Waals surface area contributed by atoms with Crippen LogP contribution in [0.5, 0.6) is 0 Å². The van der Waals surface area contributed by atoms with E-state index in [1.807, 2.05) is 0 Å². The van der Waals surface area contributed by atoms with Crippen molar-refractivity contribution >= 4 is 21.7 Å². The molecule has 27 heavy (non-hydrogen) atoms. The topological polar surface area (TPSA) is 89.5 Å². The maximum Gasteiger partial charge on any atom is 0.309 e. The lowest BCUT2D eigenvalue weighted by molar-refractivity contribution is -0.162. The van der Waals surface area contributed by atoms with Crippen molar-refractivity contribution in [2.75, 3.05) is 11.5 Å². The zero-order valence-corrected chi connectivity index (χ0v) is 16.6. The highest BCUT2D eigenvalue weighted by Gasteiger charge is 2.34. The molecule has 1 aromatic rings. The highest BCUT2D eigenvalue weighted by Crippen LogP contribution is 2.17. The van der Waals surface area contributed by atoms with Crippen molar-refractivity contribution in [2.24, 2.45) is 11.8 Å². The summed E-state index contributed by atoms with van der Waals surface area (Å²) >= 11 is 0. The maximum absolute atomic E-state index is 13.3. The van der Waals surface area contributed by atoms with Crippen LogP contribution < -0.4 is 5.32 Å². The van der Waals surface area contributed by atoms with Gasteiger partial charge < -0.3 is 10.1 Å². The average Bonchev–Trinajstić information content (AvgIpc) is 2.90. The van der Waals surface area contributed by atoms with Crippen molar-refractivity contribution < 1.29 is 27.1 Å². The van der Waals surface area contributed by atoms with Gasteiger partial charge in [-0.2, -0.15) is 0 Å². The molecule has 1 aliphatic heterocycles. The van der Waals surface area contributed by atoms with Crippen LogP contribution in [0.1, 0.15) is 32.8 Å². The summed E-state index contributed by atoms with van der Waals surface area (Å²) in [5.41, 5.74) is 0.668. The van der Waals surface area contributed by atoms with Crippen molar-refractivity contribution in [3.05, 3.63) is 35.6 Å². The predicted molar refractivity (Wildman–Crippen MR) is 99.2 cm³/mol. The first-order valence-corrected chi connectivity index (χ1v) is 10.9. The highest BCUT2D eigenvalue weighted by molar-refractivity contribution is 7.91. The molecule has 1 aromatic carbocycles. The minimum absolute atomic E-state index is 0.0503. The Morgan fingerprint density at radius 1 is 1.30 bits per heavy atom. The Hall–Kier alpha value is -1.96. The lowest BCUT2D eigenvalue weighted by atomic mass is 10.0. The zero-order valence-electron chi connectivity index (χ0n) is 15.8. The van der Waals surface area contributed by atoms with Gasteiger partial charge in [-0.05, 0) is 36.5 Å². The van der Waals surface area contributed by atoms with E-state index in [-0.39, 0.29) is 23.2 Å². The Balaban J connectivity index is 1.95. The minimum Gasteiger partial charge on any atom is -0.452 e. The minimum atomic E-state index is -3.11. The van der Waals surface area contributed by atoms with Gasteiger partial charge in [-0.25, -0.2) is 12.8 Å². The summed E-state index contributed by atoms with van der Waals surface area (Å²) in [7, 11) is -3.11. The second kappa shape index (κ2) is 8.82. The lowest BCUT2D eigenvalue weighted by Gasteiger charge is -2.24. The summed E-state index contributed by atoms with van der Waals surface area (Å²) < 4.78 is 41.7. The Labute approximate surface area is 159 Å². The van der Waals surface area contributed by atoms with Crippen LogP contribution in [0, 0.1) is 17.7 Å². The van der Waals surface area contributed by atoms with E-state index >= 15 is 0 Å². The fourth-order valence-electron chi connectivity index (χ4n) is 3.03. The Kier molecular flexibility index (Phi) is 6.97. The largest absolute Gasteiger partial charge is 0.452 e. The maximum atomic E-state index is 13.3. The number of sulfone groups is 1. The fraction of sp³-hybridized carbons (Fsp3) is 0.579. The number of nitrogens with one attached hydrogen (secondary N) is 1. The number of hydrogen-bond acceptors (Lipinski definition) is 5. The van der Waals surface area contributed by atoms with Crippen molar-refractivity contribution in [3.8, 4) is 0 Å². The SMILES string of the molecule is CC(Cc1cccc(F)c1)C(=O)OC(C(=O)NC1CCS(=O)(=O)C1)C(C)C. The van der Waals surface area contributed by atoms with Gasteiger partial charge in [0, 0.05) is 6.04 Å². The van der Waals surface area contributed by atoms with Gasteiger partial charge in [0.05, 0.1) is 17.4 Å². The van der Waals surface area contributed by atoms with Crippen LogP contribution in [0.4, 0.5) is 4.39 Å². The molecule has 0 aromatic heterocycles. The van der Waals surface area contributed by atoms with E-state index < -0.39 is 39.8 Å². The van der Waals surface area contributed by atoms with E-state index in [1.165, 1.54) is 12.1 Å². The van der Waals surface area contributed by atoms with Gasteiger partial charge in [-0.1, -0.05) is 32.9 Å². The van der Waals surface area contributed by atoms with Crippen molar-refractivity contribution in [1.29, 1.82) is 0 Å². The van der Waals surface area contributed by atoms with Crippen LogP contribution in [0.25, 0.3) is 0 Å². The first-order chi connectivity index (χ1) is 12.6. The van der Waals surface area contributed by atoms with Gasteiger partial charge in [0.15, 0.2) is 15.9 Å². The van der Waals surface area contributed by atoms with E-state index in [2.05, 4.69) is 5.32 Å². The van der Waals surface area contributed by atoms with E-state index in [0.717, 1.165) is 0 Å². The quantitative estimate of drug-likeness (QED) is 0.707. The molecule has 0 radical (unpaired) electrons. The average molecular weight is 399 g/mol. The molecular formula is C19H26FNO5S. The third-order valence-electron chi connectivity index (χ3n) is 4.52. The smallest absolute Gasteiger partial charge is 0.309 e. The molecule has 1 amide bonds. The molecule has 0 saturated carbocycles. The number of ether oxygens (including phenoxy) is 1. The molecule has 0 bridgehead atoms. The van der Waals surface area contributed by atoms with E-state index in [0.29, 0.717) is 18.4 Å². The summed E-state index contributed by atoms with van der Waals surface area (Å²) in [6.45, 7) is 5.16. The Morgan fingerprint density at radius 3 is 2.56 bits per heavy atom. The van der Waals surface area contributed by atoms with Crippen molar-refractivity contribution in [1.82, 2.24) is 5.32 Å². The molecule has 0 spiro atoms. The van der Waals surface area contributed by atoms with Gasteiger partial charge in [0.1, 0.15) is 5.82 Å². The number of benzene rings is 1. The zero-order chi connectivity index (χ0) is 20.2. The number of carbonyl (C=O) groups is 2. The molecule has 1 fully saturated rings. The van der Waals surface area contributed by atoms with Crippen LogP contribution >= 0.6 is 0 Å². The van der Waals surface area contributed by atoms with Gasteiger partial charge >= 0.3 is 5.97 Å². The van der Waals surface area contributed by atoms with Gasteiger partial charge in [0.25, 0.3) is 5.91 Å². The van der Waals surface area contributed by atoms with Gasteiger partial charge in [-0.3, -0.25) is 9.59 Å². The van der Waals surface area contributed by atoms with Crippen LogP contribution in [-0.4, -0.2) is 43.9 Å². The van der Waals surface area contributed by atoms with E-state index in [9.17, 15) is 22.4 Å². The molecular weight excluding hydrogens is 373 g/mol. The molecule has 1 saturated heterocycles. The number of hydrogen-bond donors (Lipinski definition) is 1. The van der Waals surface area contributed by atoms with Crippen LogP contribution in [0.15, 0.2) is 24.3 Å². The van der Waals surface area contributed by atoms with Crippen molar-refractivity contribution in [2.45, 2.75) is 45.8 Å². The summed E-state index contributed by atoms with van der Waals surface area (Å²) in [4.78, 5) is 24.9. The standard InChI is InChI=1S/C19H26FNO5S/c1-12(2)17(18(22)21-16-7-8-27(24,25)11-16)26-19(23)13(3)9-14-5-4-6-15(20)10-14/h4-6,10,12-13,16-17H,7-9,11H2,1-3H3,(H,21,22). The van der Waals surface area contributed by atoms with Crippen LogP contribution in [-0.2, 0) is 30.6 Å². The normalized spacial score (nSPS) is 20.9. The van der Waals surface area contributed by atoms with Crippen LogP contribution in [0.3, 0.4) is 0 Å². The van der Waals surface area contributed by atoms with Gasteiger partial charge in [0.2, 0.25) is 0 Å². The summed E-state index contributed by atoms with van der Waals surface area (Å²) in [6.07, 6.45) is -0.344. The summed E-state index contributed by atoms with van der Waals surface area (Å²) in [5.74, 6) is -2.27. The molecule has 3 unspecified atom stereocenters. The monoisotopic (exact) mass is 399 g/mol. The first kappa shape index (κ1) is 21.3. The molecule has 6 nitrogen and oxygen atoms in total. The number of rotatable bonds is 7. The predicted octanol–water partition coefficient (Wildman–Crippen LogP) is 1.88. The molecule has 1 aliphatic rings. The third-order valence-corrected chi connectivity index (χ3v) is 6.29. The van der Waals surface area contributed by atoms with Crippen molar-refractivity contribution in [3.63, 3.8) is 0 Å². The molecule has 2 rings (SSSR count). The second-order valence-corrected chi connectivity index (χ2v) is 9.67. The number of esters is 1. The number of halogens is 1. The van der Waals surface area contributed by atoms with E-state index in [1.54, 1.807) is 32.9 Å². The lowest BCUT2D eigenvalue weighted by Crippen LogP contribution is -2.46. The van der Waals surface area contributed by atoms with Crippen LogP contribution in [0.2, 0.25) is 0 Å². The molecule has 8 heteroatoms. The summed E-state index contributed by atoms with van der Waals surface area (Å²) in [5, 5.41) is 2.67. The van der Waals surface area contributed by atoms with Gasteiger partial charge in [-0.15, -0.1) is 0 Å². The van der Waals surface area contributed by atoms with E-state index in [4.69, 9.17) is 4.74 Å². The Bertz CT molecular complexity index is 793. The highest BCUT2D eigenvalue weighted by atomic mass is 32.2. The number of amides is 1. The molecule has 1 N–H and O–H groups in total. The molecule has 150 valence electrons. The number of carbonyl (C=O) groups excluding carboxylic acids is 2. The first-order valence-electron chi connectivity index (χ1n) is 9.03. The summed E-state index contributed by atoms with van der Waals surface area (Å²) in [6, 6.07) is 5.53. The Morgan fingerprint density at radius 2 is 2.00 bits per heavy atom. The fourth-order valence-corrected chi connectivity index (χ4v) is 4.70. The third kappa shape index (κ3) is 6.30.